The van der Waals surface area contributed by atoms with Crippen molar-refractivity contribution in [3.63, 3.8) is 0 Å². The highest BCUT2D eigenvalue weighted by Crippen LogP contribution is 2.17. The number of halogens is 1. The molecular weight excluding hydrogens is 498 g/mol. The first kappa shape index (κ1) is 23.5. The first-order valence-corrected chi connectivity index (χ1v) is 11.6. The van der Waals surface area contributed by atoms with Gasteiger partial charge in [0, 0.05) is 30.4 Å². The summed E-state index contributed by atoms with van der Waals surface area (Å²) in [5.41, 5.74) is 2.07. The number of ether oxygens (including phenoxy) is 1. The zero-order chi connectivity index (χ0) is 24.2. The third-order valence-corrected chi connectivity index (χ3v) is 6.10. The van der Waals surface area contributed by atoms with E-state index in [1.807, 2.05) is 19.9 Å². The summed E-state index contributed by atoms with van der Waals surface area (Å²) in [6.07, 6.45) is 2.24. The number of hydrogen-bond donors (Lipinski definition) is 0. The molecule has 0 bridgehead atoms. The number of carbonyl (C=O) groups excluding carboxylic acids is 1. The van der Waals surface area contributed by atoms with Gasteiger partial charge in [-0.25, -0.2) is 4.98 Å². The normalized spacial score (nSPS) is 11.8. The average Bonchev–Trinajstić information content (AvgIpc) is 2.83. The first-order valence-electron chi connectivity index (χ1n) is 10.8. The van der Waals surface area contributed by atoms with Crippen molar-refractivity contribution in [2.45, 2.75) is 26.8 Å². The maximum absolute atomic E-state index is 13.3. The number of aromatic nitrogens is 3. The van der Waals surface area contributed by atoms with Crippen molar-refractivity contribution in [2.75, 3.05) is 13.2 Å². The number of hydrogen-bond acceptors (Lipinski definition) is 5. The van der Waals surface area contributed by atoms with Crippen LogP contribution in [-0.4, -0.2) is 33.1 Å². The van der Waals surface area contributed by atoms with Gasteiger partial charge < -0.3 is 9.30 Å². The van der Waals surface area contributed by atoms with E-state index in [9.17, 15) is 14.9 Å². The van der Waals surface area contributed by atoms with Crippen molar-refractivity contribution >= 4 is 38.5 Å². The number of carbonyl (C=O) groups is 1. The second-order valence-electron chi connectivity index (χ2n) is 7.63. The largest absolute Gasteiger partial charge is 0.382 e. The fraction of sp³-hybridized carbons (Fsp3) is 0.240. The van der Waals surface area contributed by atoms with Gasteiger partial charge >= 0.3 is 0 Å². The number of aryl methyl sites for hydroxylation is 2. The van der Waals surface area contributed by atoms with Crippen molar-refractivity contribution in [1.82, 2.24) is 14.0 Å². The zero-order valence-corrected chi connectivity index (χ0v) is 20.4. The van der Waals surface area contributed by atoms with Crippen LogP contribution >= 0.6 is 15.9 Å². The number of benzene rings is 1. The van der Waals surface area contributed by atoms with Crippen LogP contribution in [0.2, 0.25) is 0 Å². The smallest absolute Gasteiger partial charge is 0.280 e. The van der Waals surface area contributed by atoms with Crippen molar-refractivity contribution in [3.05, 3.63) is 85.7 Å². The maximum Gasteiger partial charge on any atom is 0.280 e. The standard InChI is InChI=1S/C25H22BrN5O3/c1-3-34-13-7-12-30-22(29-24(32)18-9-4-5-10-20(18)26)17(15-27)14-19-23(30)28-21-16(2)8-6-11-31(21)25(19)33/h4-6,8-11,14H,3,7,12-13H2,1-2H3. The van der Waals surface area contributed by atoms with Crippen LogP contribution in [0.5, 0.6) is 0 Å². The molecular formula is C25H22BrN5O3. The molecule has 0 radical (unpaired) electrons. The minimum Gasteiger partial charge on any atom is -0.382 e. The summed E-state index contributed by atoms with van der Waals surface area (Å²) in [7, 11) is 0. The average molecular weight is 520 g/mol. The molecule has 0 spiro atoms. The van der Waals surface area contributed by atoms with Gasteiger partial charge in [-0.05, 0) is 66.0 Å². The number of nitrogens with zero attached hydrogens (tertiary/aromatic N) is 5. The van der Waals surface area contributed by atoms with E-state index in [1.54, 1.807) is 41.1 Å². The van der Waals surface area contributed by atoms with Crippen LogP contribution < -0.4 is 11.0 Å². The molecule has 3 aromatic heterocycles. The van der Waals surface area contributed by atoms with Gasteiger partial charge in [0.05, 0.1) is 16.5 Å². The van der Waals surface area contributed by atoms with E-state index in [2.05, 4.69) is 27.0 Å². The molecule has 0 N–H and O–H groups in total. The second kappa shape index (κ2) is 10.1. The predicted molar refractivity (Wildman–Crippen MR) is 132 cm³/mol. The summed E-state index contributed by atoms with van der Waals surface area (Å²) in [4.78, 5) is 35.5. The van der Waals surface area contributed by atoms with Gasteiger partial charge in [-0.3, -0.25) is 14.0 Å². The van der Waals surface area contributed by atoms with Crippen LogP contribution in [0.3, 0.4) is 0 Å². The summed E-state index contributed by atoms with van der Waals surface area (Å²) in [6, 6.07) is 14.2. The second-order valence-corrected chi connectivity index (χ2v) is 8.49. The monoisotopic (exact) mass is 519 g/mol. The molecule has 0 aliphatic carbocycles. The van der Waals surface area contributed by atoms with Gasteiger partial charge in [-0.2, -0.15) is 10.3 Å². The number of rotatable bonds is 6. The lowest BCUT2D eigenvalue weighted by Gasteiger charge is -2.14. The fourth-order valence-corrected chi connectivity index (χ4v) is 4.22. The molecule has 8 nitrogen and oxygen atoms in total. The Morgan fingerprint density at radius 2 is 2.03 bits per heavy atom. The minimum atomic E-state index is -0.504. The van der Waals surface area contributed by atoms with Crippen molar-refractivity contribution in [2.24, 2.45) is 4.99 Å². The highest BCUT2D eigenvalue weighted by Gasteiger charge is 2.17. The Morgan fingerprint density at radius 3 is 2.76 bits per heavy atom. The summed E-state index contributed by atoms with van der Waals surface area (Å²) in [5.74, 6) is -0.504. The molecule has 4 rings (SSSR count). The van der Waals surface area contributed by atoms with Crippen molar-refractivity contribution in [1.29, 1.82) is 5.26 Å². The third-order valence-electron chi connectivity index (χ3n) is 5.41. The number of fused-ring (bicyclic) bond motifs is 2. The van der Waals surface area contributed by atoms with E-state index in [1.165, 1.54) is 10.5 Å². The van der Waals surface area contributed by atoms with E-state index in [-0.39, 0.29) is 22.0 Å². The van der Waals surface area contributed by atoms with Gasteiger partial charge in [-0.1, -0.05) is 18.2 Å². The Balaban J connectivity index is 2.05. The van der Waals surface area contributed by atoms with Crippen LogP contribution in [-0.2, 0) is 11.3 Å². The van der Waals surface area contributed by atoms with E-state index < -0.39 is 5.91 Å². The Labute approximate surface area is 203 Å². The van der Waals surface area contributed by atoms with Crippen LogP contribution in [0.15, 0.2) is 62.9 Å². The van der Waals surface area contributed by atoms with Crippen LogP contribution in [0.25, 0.3) is 16.7 Å². The molecule has 172 valence electrons. The Kier molecular flexibility index (Phi) is 7.01. The Bertz CT molecular complexity index is 1580. The minimum absolute atomic E-state index is 0.121. The molecule has 0 fully saturated rings. The van der Waals surface area contributed by atoms with Gasteiger partial charge in [0.1, 0.15) is 17.4 Å². The lowest BCUT2D eigenvalue weighted by molar-refractivity contribution is 0.0996. The van der Waals surface area contributed by atoms with Gasteiger partial charge in [-0.15, -0.1) is 0 Å². The number of nitriles is 1. The van der Waals surface area contributed by atoms with Gasteiger partial charge in [0.15, 0.2) is 5.49 Å². The third kappa shape index (κ3) is 4.42. The molecule has 9 heteroatoms. The molecule has 0 aliphatic heterocycles. The zero-order valence-electron chi connectivity index (χ0n) is 18.8. The lowest BCUT2D eigenvalue weighted by atomic mass is 10.2. The van der Waals surface area contributed by atoms with Gasteiger partial charge in [0.2, 0.25) is 0 Å². The quantitative estimate of drug-likeness (QED) is 0.285. The molecule has 3 heterocycles. The molecule has 1 amide bonds. The summed E-state index contributed by atoms with van der Waals surface area (Å²) in [5, 5.41) is 10.2. The number of amides is 1. The Hall–Kier alpha value is -3.61. The molecule has 34 heavy (non-hydrogen) atoms. The first-order chi connectivity index (χ1) is 16.5. The highest BCUT2D eigenvalue weighted by atomic mass is 79.9. The predicted octanol–water partition coefficient (Wildman–Crippen LogP) is 3.76. The molecule has 0 atom stereocenters. The van der Waals surface area contributed by atoms with Gasteiger partial charge in [0.25, 0.3) is 11.5 Å². The van der Waals surface area contributed by atoms with E-state index in [0.717, 1.165) is 5.56 Å². The van der Waals surface area contributed by atoms with E-state index >= 15 is 0 Å². The van der Waals surface area contributed by atoms with Crippen molar-refractivity contribution < 1.29 is 9.53 Å². The summed E-state index contributed by atoms with van der Waals surface area (Å²) >= 11 is 3.38. The Morgan fingerprint density at radius 1 is 1.24 bits per heavy atom. The highest BCUT2D eigenvalue weighted by molar-refractivity contribution is 9.10. The lowest BCUT2D eigenvalue weighted by Crippen LogP contribution is -2.30. The van der Waals surface area contributed by atoms with Crippen molar-refractivity contribution in [3.8, 4) is 6.07 Å². The fourth-order valence-electron chi connectivity index (χ4n) is 3.76. The molecule has 0 saturated heterocycles. The molecule has 0 saturated carbocycles. The van der Waals surface area contributed by atoms with Crippen LogP contribution in [0, 0.1) is 18.3 Å². The van der Waals surface area contributed by atoms with Crippen LogP contribution in [0.4, 0.5) is 0 Å². The molecule has 4 aromatic rings. The maximum atomic E-state index is 13.3. The molecule has 1 aromatic carbocycles. The van der Waals surface area contributed by atoms with E-state index in [0.29, 0.717) is 47.5 Å². The molecule has 0 aliphatic rings. The topological polar surface area (TPSA) is 102 Å². The van der Waals surface area contributed by atoms with Crippen LogP contribution in [0.1, 0.15) is 34.8 Å². The number of pyridine rings is 2. The summed E-state index contributed by atoms with van der Waals surface area (Å²) < 4.78 is 9.22. The molecule has 0 unspecified atom stereocenters. The summed E-state index contributed by atoms with van der Waals surface area (Å²) in [6.45, 7) is 5.20. The SMILES string of the molecule is CCOCCCn1c(=NC(=O)c2ccccc2Br)c(C#N)cc2c(=O)n3cccc(C)c3nc21. The van der Waals surface area contributed by atoms with E-state index in [4.69, 9.17) is 9.72 Å².